The van der Waals surface area contributed by atoms with Gasteiger partial charge in [-0.15, -0.1) is 0 Å². The fraction of sp³-hybridized carbons (Fsp3) is 0.303. The predicted octanol–water partition coefficient (Wildman–Crippen LogP) is 6.46. The summed E-state index contributed by atoms with van der Waals surface area (Å²) in [5.74, 6) is -0.100. The molecule has 5 rings (SSSR count). The number of aromatic nitrogens is 1. The number of pyridine rings is 1. The molecule has 0 unspecified atom stereocenters. The topological polar surface area (TPSA) is 84.0 Å². The number of rotatable bonds is 5. The smallest absolute Gasteiger partial charge is 0.433 e. The third-order valence-corrected chi connectivity index (χ3v) is 7.38. The summed E-state index contributed by atoms with van der Waals surface area (Å²) in [5, 5.41) is 1.73. The van der Waals surface area contributed by atoms with Crippen molar-refractivity contribution in [1.82, 2.24) is 15.3 Å². The molecule has 8 nitrogen and oxygen atoms in total. The summed E-state index contributed by atoms with van der Waals surface area (Å²) in [6.07, 6.45) is 0.815. The van der Waals surface area contributed by atoms with Crippen molar-refractivity contribution in [3.05, 3.63) is 90.5 Å². The Morgan fingerprint density at radius 1 is 0.902 bits per heavy atom. The summed E-state index contributed by atoms with van der Waals surface area (Å²) >= 11 is 0. The zero-order valence-corrected chi connectivity index (χ0v) is 24.0. The molecule has 1 fully saturated rings. The Hall–Kier alpha value is -4.43. The van der Waals surface area contributed by atoms with Crippen molar-refractivity contribution in [2.75, 3.05) is 25.2 Å². The van der Waals surface area contributed by atoms with Crippen molar-refractivity contribution in [2.24, 2.45) is 0 Å². The van der Waals surface area contributed by atoms with Gasteiger partial charge in [-0.3, -0.25) is 15.1 Å². The first kappa shape index (κ1) is 28.1. The third-order valence-electron chi connectivity index (χ3n) is 7.38. The molecule has 2 amide bonds. The number of carbonyl (C=O) groups excluding carboxylic acids is 2. The Morgan fingerprint density at radius 3 is 2.15 bits per heavy atom. The van der Waals surface area contributed by atoms with Crippen molar-refractivity contribution in [3.8, 4) is 17.0 Å². The Balaban J connectivity index is 1.61. The molecule has 3 aromatic carbocycles. The van der Waals surface area contributed by atoms with E-state index in [-0.39, 0.29) is 11.6 Å². The molecule has 0 atom stereocenters. The molecule has 1 aliphatic rings. The molecule has 2 heterocycles. The van der Waals surface area contributed by atoms with Crippen molar-refractivity contribution in [3.63, 3.8) is 0 Å². The van der Waals surface area contributed by atoms with Gasteiger partial charge in [-0.25, -0.2) is 9.78 Å². The van der Waals surface area contributed by atoms with E-state index >= 15 is 0 Å². The highest BCUT2D eigenvalue weighted by Gasteiger charge is 2.32. The van der Waals surface area contributed by atoms with Gasteiger partial charge in [0.25, 0.3) is 5.91 Å². The first-order valence-corrected chi connectivity index (χ1v) is 13.9. The number of nitrogens with zero attached hydrogens (tertiary/aromatic N) is 3. The quantitative estimate of drug-likeness (QED) is 0.286. The number of methoxy groups -OCH3 is 1. The maximum absolute atomic E-state index is 14.2. The van der Waals surface area contributed by atoms with Crippen molar-refractivity contribution in [1.29, 1.82) is 0 Å². The van der Waals surface area contributed by atoms with Gasteiger partial charge < -0.3 is 9.47 Å². The maximum Gasteiger partial charge on any atom is 0.433 e. The molecule has 1 aliphatic heterocycles. The molecular formula is C33H36N4O4. The van der Waals surface area contributed by atoms with Crippen LogP contribution < -0.4 is 15.2 Å². The number of carbonyl (C=O) groups is 2. The molecule has 0 saturated carbocycles. The lowest BCUT2D eigenvalue weighted by molar-refractivity contribution is 0.0488. The molecule has 0 radical (unpaired) electrons. The highest BCUT2D eigenvalue weighted by Crippen LogP contribution is 2.38. The van der Waals surface area contributed by atoms with E-state index in [1.54, 1.807) is 24.3 Å². The van der Waals surface area contributed by atoms with Crippen LogP contribution in [0.3, 0.4) is 0 Å². The summed E-state index contributed by atoms with van der Waals surface area (Å²) < 4.78 is 11.7. The third kappa shape index (κ3) is 6.18. The number of ether oxygens (including phenoxy) is 2. The number of benzene rings is 3. The van der Waals surface area contributed by atoms with Crippen LogP contribution >= 0.6 is 0 Å². The minimum Gasteiger partial charge on any atom is -0.487 e. The van der Waals surface area contributed by atoms with E-state index in [2.05, 4.69) is 31.1 Å². The molecular weight excluding hydrogens is 516 g/mol. The van der Waals surface area contributed by atoms with Gasteiger partial charge in [-0.05, 0) is 51.8 Å². The fourth-order valence-corrected chi connectivity index (χ4v) is 5.18. The molecule has 1 N–H and O–H groups in total. The highest BCUT2D eigenvalue weighted by atomic mass is 16.5. The fourth-order valence-electron chi connectivity index (χ4n) is 5.18. The van der Waals surface area contributed by atoms with Gasteiger partial charge in [-0.2, -0.15) is 5.01 Å². The average Bonchev–Trinajstić information content (AvgIpc) is 2.99. The number of anilines is 1. The van der Waals surface area contributed by atoms with E-state index in [4.69, 9.17) is 14.5 Å². The van der Waals surface area contributed by atoms with Crippen LogP contribution in [-0.4, -0.2) is 53.7 Å². The Bertz CT molecular complexity index is 1510. The van der Waals surface area contributed by atoms with Gasteiger partial charge in [-0.1, -0.05) is 66.7 Å². The second kappa shape index (κ2) is 12.0. The predicted molar refractivity (Wildman–Crippen MR) is 161 cm³/mol. The monoisotopic (exact) mass is 552 g/mol. The van der Waals surface area contributed by atoms with Crippen molar-refractivity contribution >= 4 is 28.6 Å². The van der Waals surface area contributed by atoms with E-state index in [1.165, 1.54) is 7.11 Å². The minimum atomic E-state index is -0.719. The molecule has 0 bridgehead atoms. The standard InChI is InChI=1S/C33H36N4O4/c1-33(2,3)36-21-19-25(20-22-36)41-30-28(31(38)35-37(32(39)40-4)24-15-9-6-10-16-24)26-17-11-12-18-27(26)34-29(30)23-13-7-5-8-14-23/h5-18,25H,19-22H2,1-4H3,(H,35,38). The van der Waals surface area contributed by atoms with Crippen LogP contribution in [0.25, 0.3) is 22.2 Å². The minimum absolute atomic E-state index is 0.0739. The largest absolute Gasteiger partial charge is 0.487 e. The molecule has 0 aliphatic carbocycles. The van der Waals surface area contributed by atoms with Gasteiger partial charge in [0.15, 0.2) is 5.75 Å². The van der Waals surface area contributed by atoms with Crippen LogP contribution in [0.2, 0.25) is 0 Å². The first-order valence-electron chi connectivity index (χ1n) is 13.9. The number of fused-ring (bicyclic) bond motifs is 1. The summed E-state index contributed by atoms with van der Waals surface area (Å²) in [4.78, 5) is 34.4. The average molecular weight is 553 g/mol. The van der Waals surface area contributed by atoms with Gasteiger partial charge in [0, 0.05) is 29.6 Å². The van der Waals surface area contributed by atoms with Crippen molar-refractivity contribution in [2.45, 2.75) is 45.3 Å². The Morgan fingerprint density at radius 2 is 1.51 bits per heavy atom. The van der Waals surface area contributed by atoms with E-state index in [9.17, 15) is 9.59 Å². The molecule has 8 heteroatoms. The number of para-hydroxylation sites is 2. The van der Waals surface area contributed by atoms with Crippen LogP contribution in [0.1, 0.15) is 44.0 Å². The van der Waals surface area contributed by atoms with Crippen LogP contribution in [0.15, 0.2) is 84.9 Å². The molecule has 41 heavy (non-hydrogen) atoms. The lowest BCUT2D eigenvalue weighted by atomic mass is 9.98. The number of amides is 2. The van der Waals surface area contributed by atoms with Gasteiger partial charge in [0.1, 0.15) is 11.8 Å². The number of hydrogen-bond donors (Lipinski definition) is 1. The van der Waals surface area contributed by atoms with Crippen molar-refractivity contribution < 1.29 is 19.1 Å². The Kier molecular flexibility index (Phi) is 8.21. The van der Waals surface area contributed by atoms with Gasteiger partial charge >= 0.3 is 6.09 Å². The number of hydrogen-bond acceptors (Lipinski definition) is 6. The lowest BCUT2D eigenvalue weighted by Crippen LogP contribution is -2.48. The zero-order chi connectivity index (χ0) is 29.0. The number of hydrazine groups is 1. The second-order valence-electron chi connectivity index (χ2n) is 11.1. The van der Waals surface area contributed by atoms with Crippen LogP contribution in [0.4, 0.5) is 10.5 Å². The molecule has 1 aromatic heterocycles. The maximum atomic E-state index is 14.2. The van der Waals surface area contributed by atoms with E-state index in [0.717, 1.165) is 36.5 Å². The van der Waals surface area contributed by atoms with Gasteiger partial charge in [0.2, 0.25) is 0 Å². The zero-order valence-electron chi connectivity index (χ0n) is 24.0. The van der Waals surface area contributed by atoms with Crippen LogP contribution in [-0.2, 0) is 4.74 Å². The summed E-state index contributed by atoms with van der Waals surface area (Å²) in [6.45, 7) is 8.44. The first-order chi connectivity index (χ1) is 19.8. The molecule has 4 aromatic rings. The van der Waals surface area contributed by atoms with Crippen LogP contribution in [0.5, 0.6) is 5.75 Å². The summed E-state index contributed by atoms with van der Waals surface area (Å²) in [7, 11) is 1.28. The van der Waals surface area contributed by atoms with Crippen LogP contribution in [0, 0.1) is 0 Å². The molecule has 212 valence electrons. The SMILES string of the molecule is COC(=O)N(NC(=O)c1c(OC2CCN(C(C)(C)C)CC2)c(-c2ccccc2)nc2ccccc12)c1ccccc1. The number of nitrogens with one attached hydrogen (secondary N) is 1. The van der Waals surface area contributed by atoms with E-state index in [1.807, 2.05) is 60.7 Å². The molecule has 0 spiro atoms. The van der Waals surface area contributed by atoms with E-state index in [0.29, 0.717) is 33.6 Å². The Labute approximate surface area is 240 Å². The number of likely N-dealkylation sites (tertiary alicyclic amines) is 1. The summed E-state index contributed by atoms with van der Waals surface area (Å²) in [5.41, 5.74) is 5.70. The summed E-state index contributed by atoms with van der Waals surface area (Å²) in [6, 6.07) is 26.0. The van der Waals surface area contributed by atoms with E-state index < -0.39 is 12.0 Å². The lowest BCUT2D eigenvalue weighted by Gasteiger charge is -2.41. The highest BCUT2D eigenvalue weighted by molar-refractivity contribution is 6.12. The second-order valence-corrected chi connectivity index (χ2v) is 11.1. The number of piperidine rings is 1. The molecule has 1 saturated heterocycles. The van der Waals surface area contributed by atoms with Gasteiger partial charge in [0.05, 0.1) is 23.9 Å². The normalized spacial score (nSPS) is 14.4.